The van der Waals surface area contributed by atoms with Crippen LogP contribution in [0.25, 0.3) is 6.08 Å². The molecule has 0 saturated carbocycles. The van der Waals surface area contributed by atoms with Gasteiger partial charge >= 0.3 is 0 Å². The number of aliphatic imine (C=N–C) groups is 1. The lowest BCUT2D eigenvalue weighted by atomic mass is 10.1. The molecule has 4 nitrogen and oxygen atoms in total. The van der Waals surface area contributed by atoms with Crippen LogP contribution in [0.1, 0.15) is 38.8 Å². The van der Waals surface area contributed by atoms with Crippen molar-refractivity contribution in [1.82, 2.24) is 9.80 Å². The minimum absolute atomic E-state index is 0.0252. The number of hydrogen-bond donors (Lipinski definition) is 0. The summed E-state index contributed by atoms with van der Waals surface area (Å²) < 4.78 is 0. The van der Waals surface area contributed by atoms with Gasteiger partial charge in [0.05, 0.1) is 17.3 Å². The van der Waals surface area contributed by atoms with Crippen molar-refractivity contribution in [1.29, 1.82) is 0 Å². The highest BCUT2D eigenvalue weighted by molar-refractivity contribution is 8.18. The topological polar surface area (TPSA) is 35.9 Å². The Kier molecular flexibility index (Phi) is 8.10. The van der Waals surface area contributed by atoms with E-state index in [0.717, 1.165) is 29.5 Å². The highest BCUT2D eigenvalue weighted by Gasteiger charge is 2.34. The largest absolute Gasteiger partial charge is 0.285 e. The molecule has 2 aromatic rings. The van der Waals surface area contributed by atoms with E-state index in [1.807, 2.05) is 53.4 Å². The molecule has 1 fully saturated rings. The van der Waals surface area contributed by atoms with Crippen LogP contribution in [-0.4, -0.2) is 40.6 Å². The third kappa shape index (κ3) is 6.81. The Morgan fingerprint density at radius 3 is 2.16 bits per heavy atom. The van der Waals surface area contributed by atoms with Crippen LogP contribution >= 0.6 is 11.8 Å². The van der Waals surface area contributed by atoms with E-state index in [9.17, 15) is 4.79 Å². The molecular weight excluding hydrogens is 402 g/mol. The maximum Gasteiger partial charge on any atom is 0.267 e. The van der Waals surface area contributed by atoms with Crippen molar-refractivity contribution in [3.8, 4) is 0 Å². The first kappa shape index (κ1) is 23.3. The second-order valence-electron chi connectivity index (χ2n) is 8.95. The zero-order valence-electron chi connectivity index (χ0n) is 19.2. The zero-order chi connectivity index (χ0) is 22.4. The quantitative estimate of drug-likeness (QED) is 0.465. The standard InChI is InChI=1S/C26H33N3OS/c1-19(2)16-28(17-20(3)4)18-29-25(30)24(15-22-9-7-6-8-10-22)31-26(29)27-23-13-11-21(5)12-14-23/h6-15,19-20H,16-18H2,1-5H3/b24-15+,27-26?. The lowest BCUT2D eigenvalue weighted by Crippen LogP contribution is -2.43. The van der Waals surface area contributed by atoms with E-state index in [0.29, 0.717) is 23.4 Å². The monoisotopic (exact) mass is 435 g/mol. The lowest BCUT2D eigenvalue weighted by molar-refractivity contribution is -0.123. The average Bonchev–Trinajstić information content (AvgIpc) is 2.98. The number of hydrogen-bond acceptors (Lipinski definition) is 4. The fourth-order valence-corrected chi connectivity index (χ4v) is 4.56. The van der Waals surface area contributed by atoms with E-state index in [4.69, 9.17) is 4.99 Å². The Bertz CT molecular complexity index is 923. The van der Waals surface area contributed by atoms with Crippen molar-refractivity contribution < 1.29 is 4.79 Å². The van der Waals surface area contributed by atoms with Gasteiger partial charge in [0.2, 0.25) is 0 Å². The molecule has 0 aliphatic carbocycles. The van der Waals surface area contributed by atoms with Gasteiger partial charge in [-0.3, -0.25) is 14.6 Å². The Labute approximate surface area is 191 Å². The molecule has 0 aromatic heterocycles. The van der Waals surface area contributed by atoms with Crippen LogP contribution in [0.3, 0.4) is 0 Å². The van der Waals surface area contributed by atoms with Crippen LogP contribution in [0.5, 0.6) is 0 Å². The zero-order valence-corrected chi connectivity index (χ0v) is 20.0. The maximum atomic E-state index is 13.4. The molecular formula is C26H33N3OS. The van der Waals surface area contributed by atoms with Crippen LogP contribution in [0, 0.1) is 18.8 Å². The van der Waals surface area contributed by atoms with Gasteiger partial charge in [-0.25, -0.2) is 4.99 Å². The third-order valence-electron chi connectivity index (χ3n) is 4.83. The maximum absolute atomic E-state index is 13.4. The number of rotatable bonds is 8. The number of amides is 1. The first-order chi connectivity index (χ1) is 14.8. The molecule has 1 amide bonds. The molecule has 0 atom stereocenters. The summed E-state index contributed by atoms with van der Waals surface area (Å²) in [6.07, 6.45) is 1.97. The second kappa shape index (κ2) is 10.8. The van der Waals surface area contributed by atoms with E-state index >= 15 is 0 Å². The summed E-state index contributed by atoms with van der Waals surface area (Å²) in [6.45, 7) is 13.4. The van der Waals surface area contributed by atoms with E-state index in [2.05, 4.69) is 51.7 Å². The summed E-state index contributed by atoms with van der Waals surface area (Å²) in [5.41, 5.74) is 3.09. The molecule has 2 aromatic carbocycles. The van der Waals surface area contributed by atoms with Gasteiger partial charge in [-0.05, 0) is 54.3 Å². The first-order valence-electron chi connectivity index (χ1n) is 11.0. The van der Waals surface area contributed by atoms with Crippen molar-refractivity contribution >= 4 is 34.6 Å². The third-order valence-corrected chi connectivity index (χ3v) is 5.84. The van der Waals surface area contributed by atoms with Crippen LogP contribution in [0.15, 0.2) is 64.5 Å². The Morgan fingerprint density at radius 1 is 0.968 bits per heavy atom. The van der Waals surface area contributed by atoms with Crippen molar-refractivity contribution in [2.24, 2.45) is 16.8 Å². The molecule has 0 N–H and O–H groups in total. The molecule has 1 aliphatic heterocycles. The van der Waals surface area contributed by atoms with Crippen molar-refractivity contribution in [2.75, 3.05) is 19.8 Å². The van der Waals surface area contributed by atoms with Gasteiger partial charge in [-0.15, -0.1) is 0 Å². The molecule has 0 radical (unpaired) electrons. The number of amidine groups is 1. The first-order valence-corrected chi connectivity index (χ1v) is 11.8. The van der Waals surface area contributed by atoms with E-state index in [1.165, 1.54) is 17.3 Å². The number of benzene rings is 2. The Morgan fingerprint density at radius 2 is 1.58 bits per heavy atom. The number of thioether (sulfide) groups is 1. The number of carbonyl (C=O) groups excluding carboxylic acids is 1. The molecule has 164 valence electrons. The fourth-order valence-electron chi connectivity index (χ4n) is 3.57. The Balaban J connectivity index is 1.93. The molecule has 5 heteroatoms. The number of aryl methyl sites for hydroxylation is 1. The molecule has 0 spiro atoms. The van der Waals surface area contributed by atoms with Crippen LogP contribution < -0.4 is 0 Å². The Hall–Kier alpha value is -2.37. The average molecular weight is 436 g/mol. The minimum Gasteiger partial charge on any atom is -0.285 e. The lowest BCUT2D eigenvalue weighted by Gasteiger charge is -2.30. The van der Waals surface area contributed by atoms with E-state index in [-0.39, 0.29) is 5.91 Å². The molecule has 0 bridgehead atoms. The number of nitrogens with zero attached hydrogens (tertiary/aromatic N) is 3. The SMILES string of the molecule is Cc1ccc(N=C2S/C(=C/c3ccccc3)C(=O)N2CN(CC(C)C)CC(C)C)cc1. The smallest absolute Gasteiger partial charge is 0.267 e. The second-order valence-corrected chi connectivity index (χ2v) is 9.96. The van der Waals surface area contributed by atoms with Crippen LogP contribution in [0.2, 0.25) is 0 Å². The molecule has 1 aliphatic rings. The van der Waals surface area contributed by atoms with Gasteiger partial charge in [0.25, 0.3) is 5.91 Å². The molecule has 1 heterocycles. The van der Waals surface area contributed by atoms with Crippen molar-refractivity contribution in [3.05, 3.63) is 70.6 Å². The normalized spacial score (nSPS) is 17.2. The predicted molar refractivity (Wildman–Crippen MR) is 133 cm³/mol. The van der Waals surface area contributed by atoms with Crippen molar-refractivity contribution in [3.63, 3.8) is 0 Å². The van der Waals surface area contributed by atoms with Crippen LogP contribution in [0.4, 0.5) is 5.69 Å². The van der Waals surface area contributed by atoms with Gasteiger partial charge in [-0.1, -0.05) is 75.7 Å². The molecule has 3 rings (SSSR count). The summed E-state index contributed by atoms with van der Waals surface area (Å²) in [6, 6.07) is 18.1. The highest BCUT2D eigenvalue weighted by Crippen LogP contribution is 2.34. The number of carbonyl (C=O) groups is 1. The molecule has 31 heavy (non-hydrogen) atoms. The highest BCUT2D eigenvalue weighted by atomic mass is 32.2. The van der Waals surface area contributed by atoms with Gasteiger partial charge in [0.1, 0.15) is 0 Å². The van der Waals surface area contributed by atoms with Crippen molar-refractivity contribution in [2.45, 2.75) is 34.6 Å². The minimum atomic E-state index is 0.0252. The molecule has 0 unspecified atom stereocenters. The summed E-state index contributed by atoms with van der Waals surface area (Å²) in [4.78, 5) is 23.2. The molecule has 1 saturated heterocycles. The summed E-state index contributed by atoms with van der Waals surface area (Å²) >= 11 is 1.46. The van der Waals surface area contributed by atoms with Gasteiger partial charge in [-0.2, -0.15) is 0 Å². The van der Waals surface area contributed by atoms with Crippen LogP contribution in [-0.2, 0) is 4.79 Å². The van der Waals surface area contributed by atoms with Gasteiger partial charge in [0.15, 0.2) is 5.17 Å². The summed E-state index contributed by atoms with van der Waals surface area (Å²) in [7, 11) is 0. The summed E-state index contributed by atoms with van der Waals surface area (Å²) in [5, 5.41) is 0.744. The predicted octanol–water partition coefficient (Wildman–Crippen LogP) is 6.17. The van der Waals surface area contributed by atoms with Gasteiger partial charge in [0, 0.05) is 13.1 Å². The van der Waals surface area contributed by atoms with Gasteiger partial charge < -0.3 is 0 Å². The van der Waals surface area contributed by atoms with E-state index in [1.54, 1.807) is 0 Å². The summed E-state index contributed by atoms with van der Waals surface area (Å²) in [5.74, 6) is 1.08. The fraction of sp³-hybridized carbons (Fsp3) is 0.385. The van der Waals surface area contributed by atoms with E-state index < -0.39 is 0 Å².